The predicted octanol–water partition coefficient (Wildman–Crippen LogP) is 3.18. The van der Waals surface area contributed by atoms with E-state index < -0.39 is 11.5 Å². The average Bonchev–Trinajstić information content (AvgIpc) is 2.44. The number of hydrogen-bond donors (Lipinski definition) is 3. The smallest absolute Gasteiger partial charge is 0.319 e. The summed E-state index contributed by atoms with van der Waals surface area (Å²) in [4.78, 5) is 23.6. The average molecular weight is 326 g/mol. The van der Waals surface area contributed by atoms with Gasteiger partial charge in [0.05, 0.1) is 12.0 Å². The summed E-state index contributed by atoms with van der Waals surface area (Å²) in [5.74, 6) is -0.129. The van der Waals surface area contributed by atoms with Crippen LogP contribution < -0.4 is 15.4 Å². The lowest BCUT2D eigenvalue weighted by Gasteiger charge is -2.25. The molecule has 122 valence electrons. The number of thioether (sulfide) groups is 1. The van der Waals surface area contributed by atoms with E-state index in [-0.39, 0.29) is 12.5 Å². The number of anilines is 1. The van der Waals surface area contributed by atoms with Crippen LogP contribution >= 0.6 is 11.8 Å². The Morgan fingerprint density at radius 2 is 2.05 bits per heavy atom. The van der Waals surface area contributed by atoms with E-state index in [2.05, 4.69) is 10.6 Å². The number of carboxylic acid groups (broad SMARTS) is 1. The number of rotatable bonds is 7. The number of carbonyl (C=O) groups is 2. The Hall–Kier alpha value is -1.89. The number of benzene rings is 1. The monoisotopic (exact) mass is 326 g/mol. The molecule has 0 heterocycles. The van der Waals surface area contributed by atoms with Gasteiger partial charge < -0.3 is 20.5 Å². The van der Waals surface area contributed by atoms with Crippen LogP contribution in [0, 0.1) is 0 Å². The number of urea groups is 1. The highest BCUT2D eigenvalue weighted by Gasteiger charge is 2.21. The molecule has 1 rings (SSSR count). The van der Waals surface area contributed by atoms with E-state index in [1.165, 1.54) is 11.8 Å². The number of nitrogens with one attached hydrogen (secondary N) is 2. The van der Waals surface area contributed by atoms with Crippen molar-refractivity contribution in [2.24, 2.45) is 0 Å². The van der Waals surface area contributed by atoms with E-state index in [4.69, 9.17) is 9.84 Å². The molecular weight excluding hydrogens is 304 g/mol. The number of aliphatic carboxylic acids is 1. The molecule has 0 bridgehead atoms. The van der Waals surface area contributed by atoms with Crippen LogP contribution in [0.25, 0.3) is 0 Å². The predicted molar refractivity (Wildman–Crippen MR) is 87.9 cm³/mol. The van der Waals surface area contributed by atoms with Crippen LogP contribution in [0.3, 0.4) is 0 Å². The zero-order valence-electron chi connectivity index (χ0n) is 13.2. The van der Waals surface area contributed by atoms with Crippen LogP contribution in [0.2, 0.25) is 0 Å². The molecule has 0 aromatic heterocycles. The van der Waals surface area contributed by atoms with E-state index in [1.54, 1.807) is 33.1 Å². The summed E-state index contributed by atoms with van der Waals surface area (Å²) in [5.41, 5.74) is 0.0498. The highest BCUT2D eigenvalue weighted by atomic mass is 32.2. The zero-order valence-corrected chi connectivity index (χ0v) is 14.0. The molecule has 1 aromatic carbocycles. The van der Waals surface area contributed by atoms with Crippen LogP contribution in [0.4, 0.5) is 10.5 Å². The van der Waals surface area contributed by atoms with Crippen molar-refractivity contribution in [1.82, 2.24) is 5.32 Å². The lowest BCUT2D eigenvalue weighted by Crippen LogP contribution is -2.45. The van der Waals surface area contributed by atoms with E-state index in [0.717, 1.165) is 10.6 Å². The first-order chi connectivity index (χ1) is 10.3. The standard InChI is InChI=1S/C15H22N2O4S/c1-15(2,8-7-13(18)19)17-14(20)16-10-5-6-11(21-3)12(9-10)22-4/h5-6,9H,7-8H2,1-4H3,(H,18,19)(H2,16,17,20). The summed E-state index contributed by atoms with van der Waals surface area (Å²) < 4.78 is 5.23. The minimum atomic E-state index is -0.880. The molecule has 0 fully saturated rings. The molecule has 0 aliphatic heterocycles. The Balaban J connectivity index is 2.66. The molecule has 3 N–H and O–H groups in total. The van der Waals surface area contributed by atoms with Gasteiger partial charge in [0.15, 0.2) is 0 Å². The summed E-state index contributed by atoms with van der Waals surface area (Å²) in [6, 6.07) is 5.00. The number of ether oxygens (including phenoxy) is 1. The van der Waals surface area contributed by atoms with Crippen LogP contribution in [0.15, 0.2) is 23.1 Å². The second kappa shape index (κ2) is 7.93. The quantitative estimate of drug-likeness (QED) is 0.670. The molecule has 0 radical (unpaired) electrons. The molecule has 0 aliphatic carbocycles. The summed E-state index contributed by atoms with van der Waals surface area (Å²) in [7, 11) is 1.60. The van der Waals surface area contributed by atoms with Crippen molar-refractivity contribution in [3.63, 3.8) is 0 Å². The van der Waals surface area contributed by atoms with Crippen LogP contribution in [-0.4, -0.2) is 36.0 Å². The third-order valence-corrected chi connectivity index (χ3v) is 3.82. The first-order valence-corrected chi connectivity index (χ1v) is 8.03. The van der Waals surface area contributed by atoms with Gasteiger partial charge in [0, 0.05) is 17.6 Å². The molecule has 0 aliphatic rings. The normalized spacial score (nSPS) is 10.9. The summed E-state index contributed by atoms with van der Waals surface area (Å²) in [6.07, 6.45) is 2.29. The Labute approximate surface area is 134 Å². The van der Waals surface area contributed by atoms with Crippen molar-refractivity contribution in [2.75, 3.05) is 18.7 Å². The van der Waals surface area contributed by atoms with Crippen molar-refractivity contribution in [1.29, 1.82) is 0 Å². The number of hydrogen-bond acceptors (Lipinski definition) is 4. The maximum Gasteiger partial charge on any atom is 0.319 e. The van der Waals surface area contributed by atoms with Gasteiger partial charge in [-0.2, -0.15) is 0 Å². The van der Waals surface area contributed by atoms with E-state index in [0.29, 0.717) is 12.1 Å². The van der Waals surface area contributed by atoms with Crippen LogP contribution in [0.1, 0.15) is 26.7 Å². The topological polar surface area (TPSA) is 87.7 Å². The van der Waals surface area contributed by atoms with Crippen LogP contribution in [0.5, 0.6) is 5.75 Å². The Morgan fingerprint density at radius 3 is 2.59 bits per heavy atom. The van der Waals surface area contributed by atoms with Gasteiger partial charge in [0.2, 0.25) is 0 Å². The van der Waals surface area contributed by atoms with Crippen molar-refractivity contribution < 1.29 is 19.4 Å². The van der Waals surface area contributed by atoms with Gasteiger partial charge in [-0.25, -0.2) is 4.79 Å². The van der Waals surface area contributed by atoms with Gasteiger partial charge in [-0.05, 0) is 44.7 Å². The summed E-state index contributed by atoms with van der Waals surface area (Å²) in [5, 5.41) is 14.2. The van der Waals surface area contributed by atoms with E-state index in [1.807, 2.05) is 12.3 Å². The maximum atomic E-state index is 12.0. The molecule has 7 heteroatoms. The van der Waals surface area contributed by atoms with Crippen molar-refractivity contribution in [3.8, 4) is 5.75 Å². The molecule has 0 spiro atoms. The van der Waals surface area contributed by atoms with Crippen molar-refractivity contribution in [2.45, 2.75) is 37.1 Å². The van der Waals surface area contributed by atoms with Gasteiger partial charge in [-0.15, -0.1) is 11.8 Å². The first kappa shape index (κ1) is 18.2. The molecule has 0 saturated carbocycles. The third kappa shape index (κ3) is 5.85. The summed E-state index contributed by atoms with van der Waals surface area (Å²) in [6.45, 7) is 3.58. The Kier molecular flexibility index (Phi) is 6.55. The molecule has 0 atom stereocenters. The number of carboxylic acids is 1. The molecule has 1 aromatic rings. The van der Waals surface area contributed by atoms with Crippen molar-refractivity contribution in [3.05, 3.63) is 18.2 Å². The van der Waals surface area contributed by atoms with Gasteiger partial charge in [-0.1, -0.05) is 0 Å². The van der Waals surface area contributed by atoms with E-state index in [9.17, 15) is 9.59 Å². The second-order valence-corrected chi connectivity index (χ2v) is 6.27. The minimum Gasteiger partial charge on any atom is -0.496 e. The summed E-state index contributed by atoms with van der Waals surface area (Å²) >= 11 is 1.52. The van der Waals surface area contributed by atoms with Gasteiger partial charge in [0.1, 0.15) is 5.75 Å². The molecular formula is C15H22N2O4S. The van der Waals surface area contributed by atoms with Gasteiger partial charge in [-0.3, -0.25) is 4.79 Å². The maximum absolute atomic E-state index is 12.0. The zero-order chi connectivity index (χ0) is 16.8. The highest BCUT2D eigenvalue weighted by Crippen LogP contribution is 2.30. The van der Waals surface area contributed by atoms with Crippen LogP contribution in [-0.2, 0) is 4.79 Å². The molecule has 0 saturated heterocycles. The van der Waals surface area contributed by atoms with Gasteiger partial charge >= 0.3 is 12.0 Å². The first-order valence-electron chi connectivity index (χ1n) is 6.80. The van der Waals surface area contributed by atoms with Gasteiger partial charge in [0.25, 0.3) is 0 Å². The molecule has 6 nitrogen and oxygen atoms in total. The van der Waals surface area contributed by atoms with E-state index >= 15 is 0 Å². The molecule has 0 unspecified atom stereocenters. The fourth-order valence-electron chi connectivity index (χ4n) is 1.87. The fourth-order valence-corrected chi connectivity index (χ4v) is 2.46. The second-order valence-electron chi connectivity index (χ2n) is 5.43. The Morgan fingerprint density at radius 1 is 1.36 bits per heavy atom. The highest BCUT2D eigenvalue weighted by molar-refractivity contribution is 7.98. The molecule has 2 amide bonds. The minimum absolute atomic E-state index is 0.00639. The fraction of sp³-hybridized carbons (Fsp3) is 0.467. The number of methoxy groups -OCH3 is 1. The largest absolute Gasteiger partial charge is 0.496 e. The van der Waals surface area contributed by atoms with Crippen molar-refractivity contribution >= 4 is 29.4 Å². The lowest BCUT2D eigenvalue weighted by molar-refractivity contribution is -0.137. The lowest BCUT2D eigenvalue weighted by atomic mass is 9.99. The number of amides is 2. The SMILES string of the molecule is COc1ccc(NC(=O)NC(C)(C)CCC(=O)O)cc1SC. The third-order valence-electron chi connectivity index (χ3n) is 3.06. The Bertz CT molecular complexity index is 546. The molecule has 22 heavy (non-hydrogen) atoms. The number of carbonyl (C=O) groups excluding carboxylic acids is 1.